The number of rotatable bonds is 3. The minimum atomic E-state index is 0.343. The summed E-state index contributed by atoms with van der Waals surface area (Å²) < 4.78 is 0. The summed E-state index contributed by atoms with van der Waals surface area (Å²) in [5, 5.41) is 3.89. The van der Waals surface area contributed by atoms with Gasteiger partial charge in [-0.05, 0) is 26.2 Å². The summed E-state index contributed by atoms with van der Waals surface area (Å²) in [6, 6.07) is 0. The van der Waals surface area contributed by atoms with Crippen molar-refractivity contribution in [1.82, 2.24) is 9.97 Å². The molecule has 1 aromatic heterocycles. The third-order valence-corrected chi connectivity index (χ3v) is 2.31. The first-order valence-corrected chi connectivity index (χ1v) is 4.55. The summed E-state index contributed by atoms with van der Waals surface area (Å²) in [4.78, 5) is 12.3. The number of hydrogen-bond donors (Lipinski definition) is 1. The number of H-pyrrole nitrogens is 1. The molecule has 70 valence electrons. The van der Waals surface area contributed by atoms with Gasteiger partial charge in [0.2, 0.25) is 0 Å². The van der Waals surface area contributed by atoms with Crippen molar-refractivity contribution in [2.45, 2.75) is 32.3 Å². The number of aryl methyl sites for hydroxylation is 1. The highest BCUT2D eigenvalue weighted by Gasteiger charge is 2.18. The maximum Gasteiger partial charge on any atom is 0.127 e. The van der Waals surface area contributed by atoms with Crippen molar-refractivity contribution in [1.29, 1.82) is 0 Å². The lowest BCUT2D eigenvalue weighted by Crippen LogP contribution is -2.18. The average Bonchev–Trinajstić information content (AvgIpc) is 2.42. The summed E-state index contributed by atoms with van der Waals surface area (Å²) in [5.74, 6) is 0. The normalized spacial score (nSPS) is 17.6. The molecule has 0 amide bonds. The number of hydrogen-bond acceptors (Lipinski definition) is 3. The average molecular weight is 179 g/mol. The van der Waals surface area contributed by atoms with Gasteiger partial charge < -0.3 is 9.82 Å². The number of oxime groups is 1. The van der Waals surface area contributed by atoms with Gasteiger partial charge in [-0.3, -0.25) is 0 Å². The molecule has 1 N–H and O–H groups in total. The Kier molecular flexibility index (Phi) is 2.29. The van der Waals surface area contributed by atoms with E-state index in [1.165, 1.54) is 6.42 Å². The van der Waals surface area contributed by atoms with Crippen molar-refractivity contribution >= 4 is 6.21 Å². The predicted octanol–water partition coefficient (Wildman–Crippen LogP) is 1.62. The number of nitrogens with zero attached hydrogens (tertiary/aromatic N) is 2. The van der Waals surface area contributed by atoms with Crippen LogP contribution in [0.5, 0.6) is 0 Å². The summed E-state index contributed by atoms with van der Waals surface area (Å²) in [6.07, 6.45) is 7.19. The minimum Gasteiger partial charge on any atom is -0.392 e. The fourth-order valence-corrected chi connectivity index (χ4v) is 1.14. The molecule has 0 atom stereocenters. The summed E-state index contributed by atoms with van der Waals surface area (Å²) in [6.45, 7) is 1.96. The molecular formula is C9H13N3O. The van der Waals surface area contributed by atoms with Gasteiger partial charge in [0, 0.05) is 5.69 Å². The molecule has 0 saturated heterocycles. The topological polar surface area (TPSA) is 50.3 Å². The molecule has 0 spiro atoms. The second-order valence-electron chi connectivity index (χ2n) is 3.31. The lowest BCUT2D eigenvalue weighted by atomic mass is 9.97. The highest BCUT2D eigenvalue weighted by molar-refractivity contribution is 5.77. The smallest absolute Gasteiger partial charge is 0.127 e. The molecule has 0 aromatic carbocycles. The SMILES string of the molecule is Cc1[nH]cnc1/C=N/OC1CCC1. The maximum absolute atomic E-state index is 5.22. The Morgan fingerprint density at radius 2 is 2.54 bits per heavy atom. The second-order valence-corrected chi connectivity index (χ2v) is 3.31. The molecule has 1 aromatic rings. The highest BCUT2D eigenvalue weighted by atomic mass is 16.6. The Bertz CT molecular complexity index is 302. The molecule has 4 nitrogen and oxygen atoms in total. The lowest BCUT2D eigenvalue weighted by Gasteiger charge is -2.22. The van der Waals surface area contributed by atoms with E-state index in [-0.39, 0.29) is 0 Å². The first kappa shape index (κ1) is 8.29. The number of nitrogens with one attached hydrogen (secondary N) is 1. The molecule has 0 aliphatic heterocycles. The van der Waals surface area contributed by atoms with Crippen LogP contribution < -0.4 is 0 Å². The van der Waals surface area contributed by atoms with Crippen molar-refractivity contribution in [3.8, 4) is 0 Å². The van der Waals surface area contributed by atoms with Crippen LogP contribution in [0.2, 0.25) is 0 Å². The van der Waals surface area contributed by atoms with E-state index in [9.17, 15) is 0 Å². The Labute approximate surface area is 77.0 Å². The van der Waals surface area contributed by atoms with E-state index < -0.39 is 0 Å². The summed E-state index contributed by atoms with van der Waals surface area (Å²) >= 11 is 0. The van der Waals surface area contributed by atoms with Gasteiger partial charge in [-0.15, -0.1) is 0 Å². The molecule has 13 heavy (non-hydrogen) atoms. The molecule has 4 heteroatoms. The zero-order valence-corrected chi connectivity index (χ0v) is 7.66. The van der Waals surface area contributed by atoms with E-state index in [0.29, 0.717) is 6.10 Å². The zero-order chi connectivity index (χ0) is 9.10. The van der Waals surface area contributed by atoms with Gasteiger partial charge in [-0.1, -0.05) is 5.16 Å². The van der Waals surface area contributed by atoms with Gasteiger partial charge in [-0.25, -0.2) is 4.98 Å². The molecule has 1 fully saturated rings. The highest BCUT2D eigenvalue weighted by Crippen LogP contribution is 2.21. The Hall–Kier alpha value is -1.32. The van der Waals surface area contributed by atoms with Crippen LogP contribution in [-0.2, 0) is 4.84 Å². The number of aromatic nitrogens is 2. The fraction of sp³-hybridized carbons (Fsp3) is 0.556. The summed E-state index contributed by atoms with van der Waals surface area (Å²) in [5.41, 5.74) is 1.86. The van der Waals surface area contributed by atoms with Gasteiger partial charge >= 0.3 is 0 Å². The van der Waals surface area contributed by atoms with Gasteiger partial charge in [-0.2, -0.15) is 0 Å². The third-order valence-electron chi connectivity index (χ3n) is 2.31. The monoisotopic (exact) mass is 179 g/mol. The lowest BCUT2D eigenvalue weighted by molar-refractivity contribution is 0.00696. The number of imidazole rings is 1. The Morgan fingerprint density at radius 1 is 1.69 bits per heavy atom. The fourth-order valence-electron chi connectivity index (χ4n) is 1.14. The largest absolute Gasteiger partial charge is 0.392 e. The van der Waals surface area contributed by atoms with Crippen LogP contribution in [-0.4, -0.2) is 22.3 Å². The molecule has 0 bridgehead atoms. The van der Waals surface area contributed by atoms with Gasteiger partial charge in [0.1, 0.15) is 11.8 Å². The van der Waals surface area contributed by atoms with E-state index in [1.807, 2.05) is 6.92 Å². The molecule has 2 rings (SSSR count). The van der Waals surface area contributed by atoms with Crippen LogP contribution in [0.15, 0.2) is 11.5 Å². The van der Waals surface area contributed by atoms with Crippen molar-refractivity contribution in [3.63, 3.8) is 0 Å². The molecule has 1 saturated carbocycles. The molecule has 0 radical (unpaired) electrons. The predicted molar refractivity (Wildman–Crippen MR) is 49.6 cm³/mol. The van der Waals surface area contributed by atoms with Crippen LogP contribution in [0.3, 0.4) is 0 Å². The number of aromatic amines is 1. The molecule has 1 aliphatic rings. The molecular weight excluding hydrogens is 166 g/mol. The Morgan fingerprint density at radius 3 is 3.08 bits per heavy atom. The van der Waals surface area contributed by atoms with E-state index >= 15 is 0 Å². The van der Waals surface area contributed by atoms with Crippen molar-refractivity contribution in [2.75, 3.05) is 0 Å². The quantitative estimate of drug-likeness (QED) is 0.566. The van der Waals surface area contributed by atoms with E-state index in [0.717, 1.165) is 24.2 Å². The first-order valence-electron chi connectivity index (χ1n) is 4.55. The van der Waals surface area contributed by atoms with Crippen molar-refractivity contribution in [2.24, 2.45) is 5.16 Å². The van der Waals surface area contributed by atoms with E-state index in [2.05, 4.69) is 15.1 Å². The second kappa shape index (κ2) is 3.60. The van der Waals surface area contributed by atoms with Crippen LogP contribution in [0.1, 0.15) is 30.7 Å². The van der Waals surface area contributed by atoms with Crippen LogP contribution in [0.25, 0.3) is 0 Å². The van der Waals surface area contributed by atoms with Crippen molar-refractivity contribution < 1.29 is 4.84 Å². The van der Waals surface area contributed by atoms with Gasteiger partial charge in [0.25, 0.3) is 0 Å². The Balaban J connectivity index is 1.86. The van der Waals surface area contributed by atoms with E-state index in [1.54, 1.807) is 12.5 Å². The zero-order valence-electron chi connectivity index (χ0n) is 7.66. The van der Waals surface area contributed by atoms with E-state index in [4.69, 9.17) is 4.84 Å². The van der Waals surface area contributed by atoms with Gasteiger partial charge in [0.05, 0.1) is 12.5 Å². The van der Waals surface area contributed by atoms with Crippen LogP contribution in [0, 0.1) is 6.92 Å². The minimum absolute atomic E-state index is 0.343. The standard InChI is InChI=1S/C9H13N3O/c1-7-9(11-6-10-7)5-12-13-8-3-2-4-8/h5-6,8H,2-4H2,1H3,(H,10,11)/b12-5+. The third kappa shape index (κ3) is 1.88. The molecule has 1 heterocycles. The van der Waals surface area contributed by atoms with Crippen molar-refractivity contribution in [3.05, 3.63) is 17.7 Å². The first-order chi connectivity index (χ1) is 6.36. The maximum atomic E-state index is 5.22. The summed E-state index contributed by atoms with van der Waals surface area (Å²) in [7, 11) is 0. The van der Waals surface area contributed by atoms with Gasteiger partial charge in [0.15, 0.2) is 0 Å². The molecule has 1 aliphatic carbocycles. The molecule has 0 unspecified atom stereocenters. The van der Waals surface area contributed by atoms with Crippen LogP contribution >= 0.6 is 0 Å². The van der Waals surface area contributed by atoms with Crippen LogP contribution in [0.4, 0.5) is 0 Å².